The number of phenolic OH excluding ortho intramolecular Hbond substituents is 1. The molecule has 1 aliphatic rings. The largest absolute Gasteiger partial charge is 0.506 e. The molecule has 0 amide bonds. The lowest BCUT2D eigenvalue weighted by Crippen LogP contribution is -2.09. The summed E-state index contributed by atoms with van der Waals surface area (Å²) in [4.78, 5) is 11.8. The fourth-order valence-corrected chi connectivity index (χ4v) is 2.83. The number of halogens is 1. The Labute approximate surface area is 103 Å². The number of hydrogen-bond acceptors (Lipinski definition) is 3. The van der Waals surface area contributed by atoms with E-state index in [-0.39, 0.29) is 18.0 Å². The summed E-state index contributed by atoms with van der Waals surface area (Å²) in [6, 6.07) is 1.82. The van der Waals surface area contributed by atoms with Gasteiger partial charge in [0.1, 0.15) is 5.75 Å². The van der Waals surface area contributed by atoms with Crippen molar-refractivity contribution in [2.75, 3.05) is 6.54 Å². The molecule has 0 saturated heterocycles. The zero-order valence-electron chi connectivity index (χ0n) is 8.92. The van der Waals surface area contributed by atoms with Crippen LogP contribution in [0.25, 0.3) is 0 Å². The predicted molar refractivity (Wildman–Crippen MR) is 65.8 cm³/mol. The molecule has 3 nitrogen and oxygen atoms in total. The second kappa shape index (κ2) is 4.55. The van der Waals surface area contributed by atoms with E-state index in [1.807, 2.05) is 6.07 Å². The molecule has 2 rings (SSSR count). The van der Waals surface area contributed by atoms with Crippen LogP contribution in [0.3, 0.4) is 0 Å². The summed E-state index contributed by atoms with van der Waals surface area (Å²) in [5.41, 5.74) is 8.07. The van der Waals surface area contributed by atoms with Crippen LogP contribution in [-0.2, 0) is 12.8 Å². The lowest BCUT2D eigenvalue weighted by Gasteiger charge is -2.10. The van der Waals surface area contributed by atoms with Gasteiger partial charge in [0.25, 0.3) is 0 Å². The van der Waals surface area contributed by atoms with Gasteiger partial charge in [0, 0.05) is 6.42 Å². The van der Waals surface area contributed by atoms with Crippen LogP contribution in [0.4, 0.5) is 0 Å². The van der Waals surface area contributed by atoms with Gasteiger partial charge in [-0.05, 0) is 58.9 Å². The number of ketones is 1. The van der Waals surface area contributed by atoms with Gasteiger partial charge in [0.05, 0.1) is 10.0 Å². The normalized spacial score (nSPS) is 13.9. The lowest BCUT2D eigenvalue weighted by atomic mass is 10.0. The van der Waals surface area contributed by atoms with Crippen LogP contribution < -0.4 is 5.73 Å². The van der Waals surface area contributed by atoms with E-state index in [2.05, 4.69) is 15.9 Å². The first kappa shape index (κ1) is 11.6. The van der Waals surface area contributed by atoms with Crippen molar-refractivity contribution < 1.29 is 9.90 Å². The van der Waals surface area contributed by atoms with E-state index in [0.29, 0.717) is 16.6 Å². The predicted octanol–water partition coefficient (Wildman–Crippen LogP) is 2.17. The highest BCUT2D eigenvalue weighted by atomic mass is 79.9. The Morgan fingerprint density at radius 1 is 1.50 bits per heavy atom. The van der Waals surface area contributed by atoms with E-state index in [1.54, 1.807) is 0 Å². The number of rotatable bonds is 3. The number of carbonyl (C=O) groups is 1. The zero-order chi connectivity index (χ0) is 11.7. The molecule has 86 valence electrons. The Balaban J connectivity index is 2.47. The minimum absolute atomic E-state index is 0.0686. The summed E-state index contributed by atoms with van der Waals surface area (Å²) in [5, 5.41) is 9.95. The van der Waals surface area contributed by atoms with Crippen LogP contribution in [-0.4, -0.2) is 17.4 Å². The van der Waals surface area contributed by atoms with Crippen molar-refractivity contribution in [2.24, 2.45) is 5.73 Å². The van der Waals surface area contributed by atoms with Crippen molar-refractivity contribution in [1.82, 2.24) is 0 Å². The van der Waals surface area contributed by atoms with E-state index >= 15 is 0 Å². The summed E-state index contributed by atoms with van der Waals surface area (Å²) < 4.78 is 0.683. The van der Waals surface area contributed by atoms with Crippen molar-refractivity contribution >= 4 is 21.7 Å². The van der Waals surface area contributed by atoms with Crippen LogP contribution in [0.5, 0.6) is 5.75 Å². The summed E-state index contributed by atoms with van der Waals surface area (Å²) in [5.74, 6) is -0.0190. The first-order valence-electron chi connectivity index (χ1n) is 5.41. The van der Waals surface area contributed by atoms with Crippen LogP contribution in [0.2, 0.25) is 0 Å². The first-order chi connectivity index (χ1) is 7.65. The van der Waals surface area contributed by atoms with Crippen molar-refractivity contribution in [3.63, 3.8) is 0 Å². The van der Waals surface area contributed by atoms with Gasteiger partial charge in [0.15, 0.2) is 5.78 Å². The fraction of sp³-hybridized carbons (Fsp3) is 0.417. The molecule has 0 unspecified atom stereocenters. The molecule has 0 radical (unpaired) electrons. The molecule has 0 atom stereocenters. The topological polar surface area (TPSA) is 63.3 Å². The Hall–Kier alpha value is -0.870. The lowest BCUT2D eigenvalue weighted by molar-refractivity contribution is 0.0982. The number of fused-ring (bicyclic) bond motifs is 1. The van der Waals surface area contributed by atoms with E-state index < -0.39 is 0 Å². The van der Waals surface area contributed by atoms with E-state index in [1.165, 1.54) is 5.56 Å². The quantitative estimate of drug-likeness (QED) is 0.836. The molecule has 0 heterocycles. The number of aryl methyl sites for hydroxylation is 1. The molecule has 0 bridgehead atoms. The Kier molecular flexibility index (Phi) is 3.30. The molecule has 0 aromatic heterocycles. The average molecular weight is 284 g/mol. The van der Waals surface area contributed by atoms with Gasteiger partial charge in [-0.1, -0.05) is 0 Å². The molecule has 4 heteroatoms. The Morgan fingerprint density at radius 3 is 2.94 bits per heavy atom. The van der Waals surface area contributed by atoms with Gasteiger partial charge in [-0.25, -0.2) is 0 Å². The minimum Gasteiger partial charge on any atom is -0.506 e. The minimum atomic E-state index is -0.0876. The second-order valence-corrected chi connectivity index (χ2v) is 4.83. The number of Topliss-reactive ketones (excluding diaryl/α,β-unsaturated/α-hetero) is 1. The molecular weight excluding hydrogens is 270 g/mol. The molecule has 0 saturated carbocycles. The SMILES string of the molecule is NCCC(=O)c1cc2c(c(Br)c1O)CCC2. The van der Waals surface area contributed by atoms with Crippen molar-refractivity contribution in [1.29, 1.82) is 0 Å². The molecule has 16 heavy (non-hydrogen) atoms. The van der Waals surface area contributed by atoms with Crippen molar-refractivity contribution in [2.45, 2.75) is 25.7 Å². The average Bonchev–Trinajstić information content (AvgIpc) is 2.71. The van der Waals surface area contributed by atoms with Gasteiger partial charge in [-0.2, -0.15) is 0 Å². The first-order valence-corrected chi connectivity index (χ1v) is 6.21. The van der Waals surface area contributed by atoms with E-state index in [0.717, 1.165) is 24.8 Å². The number of aromatic hydroxyl groups is 1. The third-order valence-electron chi connectivity index (χ3n) is 2.98. The van der Waals surface area contributed by atoms with Crippen LogP contribution >= 0.6 is 15.9 Å². The highest BCUT2D eigenvalue weighted by Crippen LogP contribution is 2.38. The summed E-state index contributed by atoms with van der Waals surface area (Å²) in [7, 11) is 0. The number of hydrogen-bond donors (Lipinski definition) is 2. The summed E-state index contributed by atoms with van der Waals surface area (Å²) >= 11 is 3.37. The van der Waals surface area contributed by atoms with Crippen LogP contribution in [0.1, 0.15) is 34.3 Å². The van der Waals surface area contributed by atoms with E-state index in [4.69, 9.17) is 5.73 Å². The smallest absolute Gasteiger partial charge is 0.167 e. The molecule has 0 spiro atoms. The summed E-state index contributed by atoms with van der Waals surface area (Å²) in [6.45, 7) is 0.312. The molecular formula is C12H14BrNO2. The van der Waals surface area contributed by atoms with Crippen LogP contribution in [0, 0.1) is 0 Å². The third kappa shape index (κ3) is 1.87. The monoisotopic (exact) mass is 283 g/mol. The molecule has 3 N–H and O–H groups in total. The molecule has 0 fully saturated rings. The van der Waals surface area contributed by atoms with E-state index in [9.17, 15) is 9.90 Å². The van der Waals surface area contributed by atoms with Gasteiger partial charge < -0.3 is 10.8 Å². The van der Waals surface area contributed by atoms with Crippen molar-refractivity contribution in [3.05, 3.63) is 27.2 Å². The maximum absolute atomic E-state index is 11.8. The number of carbonyl (C=O) groups excluding carboxylic acids is 1. The molecule has 1 aliphatic carbocycles. The van der Waals surface area contributed by atoms with Crippen molar-refractivity contribution in [3.8, 4) is 5.75 Å². The van der Waals surface area contributed by atoms with Gasteiger partial charge in [0.2, 0.25) is 0 Å². The molecule has 0 aliphatic heterocycles. The van der Waals surface area contributed by atoms with Crippen LogP contribution in [0.15, 0.2) is 10.5 Å². The maximum atomic E-state index is 11.8. The maximum Gasteiger partial charge on any atom is 0.167 e. The standard InChI is InChI=1S/C12H14BrNO2/c13-11-8-3-1-2-7(8)6-9(12(11)16)10(15)4-5-14/h6,16H,1-5,14H2. The zero-order valence-corrected chi connectivity index (χ0v) is 10.5. The molecule has 1 aromatic carbocycles. The number of phenols is 1. The number of nitrogens with two attached hydrogens (primary N) is 1. The van der Waals surface area contributed by atoms with Gasteiger partial charge in [-0.15, -0.1) is 0 Å². The molecule has 1 aromatic rings. The number of benzene rings is 1. The highest BCUT2D eigenvalue weighted by Gasteiger charge is 2.22. The second-order valence-electron chi connectivity index (χ2n) is 4.04. The van der Waals surface area contributed by atoms with Gasteiger partial charge >= 0.3 is 0 Å². The van der Waals surface area contributed by atoms with Gasteiger partial charge in [-0.3, -0.25) is 4.79 Å². The fourth-order valence-electron chi connectivity index (χ4n) is 2.16. The third-order valence-corrected chi connectivity index (χ3v) is 3.83. The Morgan fingerprint density at radius 2 is 2.25 bits per heavy atom. The Bertz CT molecular complexity index is 443. The summed E-state index contributed by atoms with van der Waals surface area (Å²) in [6.07, 6.45) is 3.31. The highest BCUT2D eigenvalue weighted by molar-refractivity contribution is 9.10.